The Labute approximate surface area is 154 Å². The highest BCUT2D eigenvalue weighted by Gasteiger charge is 2.12. The number of anilines is 3. The lowest BCUT2D eigenvalue weighted by Crippen LogP contribution is -2.30. The number of halogens is 2. The molecular formula is C17H22Cl2N4O. The topological polar surface area (TPSA) is 71.2 Å². The molecule has 5 nitrogen and oxygen atoms in total. The summed E-state index contributed by atoms with van der Waals surface area (Å²) in [6, 6.07) is 10.8. The van der Waals surface area contributed by atoms with E-state index in [1.54, 1.807) is 30.5 Å². The lowest BCUT2D eigenvalue weighted by Gasteiger charge is -2.27. The van der Waals surface area contributed by atoms with Crippen LogP contribution in [0.5, 0.6) is 0 Å². The lowest BCUT2D eigenvalue weighted by atomic mass is 10.1. The minimum absolute atomic E-state index is 0. The van der Waals surface area contributed by atoms with Crippen LogP contribution in [0.15, 0.2) is 42.6 Å². The van der Waals surface area contributed by atoms with Gasteiger partial charge in [0.25, 0.3) is 5.91 Å². The van der Waals surface area contributed by atoms with Crippen LogP contribution in [0, 0.1) is 0 Å². The van der Waals surface area contributed by atoms with Gasteiger partial charge in [-0.2, -0.15) is 0 Å². The molecule has 7 heteroatoms. The van der Waals surface area contributed by atoms with Crippen molar-refractivity contribution < 1.29 is 4.79 Å². The molecule has 1 saturated heterocycles. The van der Waals surface area contributed by atoms with Crippen molar-refractivity contribution in [1.29, 1.82) is 0 Å². The van der Waals surface area contributed by atoms with Gasteiger partial charge in [-0.15, -0.1) is 24.8 Å². The zero-order chi connectivity index (χ0) is 15.4. The summed E-state index contributed by atoms with van der Waals surface area (Å²) in [7, 11) is 0. The van der Waals surface area contributed by atoms with Crippen LogP contribution in [0.4, 0.5) is 17.2 Å². The van der Waals surface area contributed by atoms with E-state index >= 15 is 0 Å². The average Bonchev–Trinajstić information content (AvgIpc) is 2.56. The highest BCUT2D eigenvalue weighted by Crippen LogP contribution is 2.19. The van der Waals surface area contributed by atoms with Gasteiger partial charge in [0, 0.05) is 24.3 Å². The molecule has 0 atom stereocenters. The van der Waals surface area contributed by atoms with Crippen molar-refractivity contribution in [3.05, 3.63) is 48.2 Å². The smallest absolute Gasteiger partial charge is 0.255 e. The van der Waals surface area contributed by atoms with Gasteiger partial charge in [0.1, 0.15) is 5.82 Å². The van der Waals surface area contributed by atoms with E-state index < -0.39 is 0 Å². The number of hydrogen-bond acceptors (Lipinski definition) is 4. The Morgan fingerprint density at radius 2 is 1.83 bits per heavy atom. The van der Waals surface area contributed by atoms with Gasteiger partial charge >= 0.3 is 0 Å². The summed E-state index contributed by atoms with van der Waals surface area (Å²) in [4.78, 5) is 18.9. The fourth-order valence-corrected chi connectivity index (χ4v) is 2.65. The van der Waals surface area contributed by atoms with Gasteiger partial charge < -0.3 is 16.0 Å². The molecule has 1 aromatic heterocycles. The quantitative estimate of drug-likeness (QED) is 0.809. The number of nitrogens with zero attached hydrogens (tertiary/aromatic N) is 2. The molecule has 3 rings (SSSR count). The summed E-state index contributed by atoms with van der Waals surface area (Å²) >= 11 is 0. The molecule has 2 heterocycles. The van der Waals surface area contributed by atoms with Crippen molar-refractivity contribution in [1.82, 2.24) is 4.98 Å². The summed E-state index contributed by atoms with van der Waals surface area (Å²) in [5.74, 6) is 0.793. The zero-order valence-electron chi connectivity index (χ0n) is 13.3. The number of rotatable bonds is 3. The van der Waals surface area contributed by atoms with Crippen LogP contribution in [0.25, 0.3) is 0 Å². The summed E-state index contributed by atoms with van der Waals surface area (Å²) in [6.45, 7) is 2.12. The Bertz CT molecular complexity index is 658. The predicted octanol–water partition coefficient (Wildman–Crippen LogP) is 3.75. The largest absolute Gasteiger partial charge is 0.399 e. The standard InChI is InChI=1S/C17H20N4O.2ClH/c18-14-6-4-5-13(11-14)17(22)20-15-7-8-16(19-12-15)21-9-2-1-3-10-21;;/h4-8,11-12H,1-3,9-10,18H2,(H,20,22);2*1H. The monoisotopic (exact) mass is 368 g/mol. The van der Waals surface area contributed by atoms with Crippen LogP contribution in [0.1, 0.15) is 29.6 Å². The molecule has 1 aliphatic rings. The third-order valence-electron chi connectivity index (χ3n) is 3.83. The van der Waals surface area contributed by atoms with Gasteiger partial charge in [0.05, 0.1) is 11.9 Å². The molecule has 0 bridgehead atoms. The van der Waals surface area contributed by atoms with Crippen LogP contribution < -0.4 is 16.0 Å². The van der Waals surface area contributed by atoms with Gasteiger partial charge in [-0.25, -0.2) is 4.98 Å². The number of nitrogens with one attached hydrogen (secondary N) is 1. The van der Waals surface area contributed by atoms with Crippen molar-refractivity contribution in [3.63, 3.8) is 0 Å². The molecule has 130 valence electrons. The van der Waals surface area contributed by atoms with Crippen molar-refractivity contribution in [2.75, 3.05) is 29.0 Å². The minimum atomic E-state index is -0.181. The van der Waals surface area contributed by atoms with Crippen LogP contribution in [-0.4, -0.2) is 24.0 Å². The van der Waals surface area contributed by atoms with Crippen molar-refractivity contribution in [2.45, 2.75) is 19.3 Å². The van der Waals surface area contributed by atoms with E-state index in [2.05, 4.69) is 15.2 Å². The third kappa shape index (κ3) is 5.01. The zero-order valence-corrected chi connectivity index (χ0v) is 14.9. The number of carbonyl (C=O) groups is 1. The van der Waals surface area contributed by atoms with Gasteiger partial charge in [-0.1, -0.05) is 6.07 Å². The molecular weight excluding hydrogens is 347 g/mol. The van der Waals surface area contributed by atoms with Crippen LogP contribution in [0.3, 0.4) is 0 Å². The first-order valence-electron chi connectivity index (χ1n) is 7.60. The van der Waals surface area contributed by atoms with Crippen LogP contribution in [-0.2, 0) is 0 Å². The fraction of sp³-hybridized carbons (Fsp3) is 0.294. The molecule has 1 aromatic carbocycles. The first kappa shape index (κ1) is 20.1. The predicted molar refractivity (Wildman–Crippen MR) is 104 cm³/mol. The molecule has 24 heavy (non-hydrogen) atoms. The lowest BCUT2D eigenvalue weighted by molar-refractivity contribution is 0.102. The average molecular weight is 369 g/mol. The molecule has 0 spiro atoms. The summed E-state index contributed by atoms with van der Waals surface area (Å²) in [5, 5.41) is 2.84. The van der Waals surface area contributed by atoms with Crippen LogP contribution >= 0.6 is 24.8 Å². The van der Waals surface area contributed by atoms with E-state index in [0.29, 0.717) is 16.9 Å². The summed E-state index contributed by atoms with van der Waals surface area (Å²) in [6.07, 6.45) is 5.43. The number of nitrogens with two attached hydrogens (primary N) is 1. The maximum atomic E-state index is 12.1. The second-order valence-corrected chi connectivity index (χ2v) is 5.53. The fourth-order valence-electron chi connectivity index (χ4n) is 2.65. The Hall–Kier alpha value is -1.98. The molecule has 3 N–H and O–H groups in total. The first-order valence-corrected chi connectivity index (χ1v) is 7.60. The van der Waals surface area contributed by atoms with Gasteiger partial charge in [0.2, 0.25) is 0 Å². The maximum Gasteiger partial charge on any atom is 0.255 e. The van der Waals surface area contributed by atoms with E-state index in [4.69, 9.17) is 5.73 Å². The highest BCUT2D eigenvalue weighted by atomic mass is 35.5. The number of pyridine rings is 1. The molecule has 1 fully saturated rings. The Kier molecular flexibility index (Phi) is 7.82. The second kappa shape index (κ2) is 9.35. The second-order valence-electron chi connectivity index (χ2n) is 5.53. The molecule has 0 unspecified atom stereocenters. The maximum absolute atomic E-state index is 12.1. The van der Waals surface area contributed by atoms with Crippen molar-refractivity contribution in [3.8, 4) is 0 Å². The Morgan fingerprint density at radius 3 is 2.46 bits per heavy atom. The number of aromatic nitrogens is 1. The number of amides is 1. The Morgan fingerprint density at radius 1 is 1.08 bits per heavy atom. The SMILES string of the molecule is Cl.Cl.Nc1cccc(C(=O)Nc2ccc(N3CCCCC3)nc2)c1. The number of carbonyl (C=O) groups excluding carboxylic acids is 1. The molecule has 1 aliphatic heterocycles. The highest BCUT2D eigenvalue weighted by molar-refractivity contribution is 6.04. The Balaban J connectivity index is 0.00000144. The van der Waals surface area contributed by atoms with E-state index in [1.807, 2.05) is 12.1 Å². The van der Waals surface area contributed by atoms with Gasteiger partial charge in [0.15, 0.2) is 0 Å². The van der Waals surface area contributed by atoms with E-state index in [1.165, 1.54) is 19.3 Å². The van der Waals surface area contributed by atoms with Crippen molar-refractivity contribution in [2.24, 2.45) is 0 Å². The summed E-state index contributed by atoms with van der Waals surface area (Å²) in [5.41, 5.74) is 7.50. The van der Waals surface area contributed by atoms with Crippen molar-refractivity contribution >= 4 is 47.9 Å². The summed E-state index contributed by atoms with van der Waals surface area (Å²) < 4.78 is 0. The van der Waals surface area contributed by atoms with E-state index in [-0.39, 0.29) is 30.7 Å². The number of hydrogen-bond donors (Lipinski definition) is 2. The molecule has 0 aliphatic carbocycles. The minimum Gasteiger partial charge on any atom is -0.399 e. The van der Waals surface area contributed by atoms with Gasteiger partial charge in [-0.3, -0.25) is 4.79 Å². The molecule has 0 radical (unpaired) electrons. The number of nitrogen functional groups attached to an aromatic ring is 1. The molecule has 1 amide bonds. The van der Waals surface area contributed by atoms with Gasteiger partial charge in [-0.05, 0) is 49.6 Å². The first-order chi connectivity index (χ1) is 10.7. The van der Waals surface area contributed by atoms with E-state index in [0.717, 1.165) is 18.9 Å². The van der Waals surface area contributed by atoms with E-state index in [9.17, 15) is 4.79 Å². The third-order valence-corrected chi connectivity index (χ3v) is 3.83. The normalized spacial score (nSPS) is 13.4. The van der Waals surface area contributed by atoms with Crippen LogP contribution in [0.2, 0.25) is 0 Å². The number of piperidine rings is 1. The number of benzene rings is 1. The molecule has 0 saturated carbocycles. The molecule has 2 aromatic rings.